The number of aromatic nitrogens is 2. The molecule has 1 rings (SSSR count). The van der Waals surface area contributed by atoms with E-state index in [0.717, 1.165) is 0 Å². The number of hydrogen-bond acceptors (Lipinski definition) is 4. The zero-order chi connectivity index (χ0) is 9.84. The summed E-state index contributed by atoms with van der Waals surface area (Å²) in [6.45, 7) is 2.58. The summed E-state index contributed by atoms with van der Waals surface area (Å²) in [5, 5.41) is 9.19. The first kappa shape index (κ1) is 10.5. The van der Waals surface area contributed by atoms with Gasteiger partial charge in [-0.25, -0.2) is 0 Å². The van der Waals surface area contributed by atoms with Crippen molar-refractivity contribution < 1.29 is 9.84 Å². The van der Waals surface area contributed by atoms with Gasteiger partial charge in [-0.05, 0) is 29.5 Å². The van der Waals surface area contributed by atoms with Crippen LogP contribution >= 0.6 is 22.6 Å². The van der Waals surface area contributed by atoms with E-state index in [1.165, 1.54) is 0 Å². The molecule has 0 unspecified atom stereocenters. The Morgan fingerprint density at radius 2 is 2.38 bits per heavy atom. The van der Waals surface area contributed by atoms with E-state index in [9.17, 15) is 9.90 Å². The predicted octanol–water partition coefficient (Wildman–Crippen LogP) is 0.617. The summed E-state index contributed by atoms with van der Waals surface area (Å²) in [5.41, 5.74) is -0.345. The fraction of sp³-hybridized carbons (Fsp3) is 0.429. The minimum atomic E-state index is -0.345. The molecule has 1 heterocycles. The van der Waals surface area contributed by atoms with Gasteiger partial charge in [0, 0.05) is 6.61 Å². The van der Waals surface area contributed by atoms with Crippen LogP contribution in [-0.2, 0) is 11.3 Å². The second-order valence-electron chi connectivity index (χ2n) is 2.29. The van der Waals surface area contributed by atoms with Gasteiger partial charge in [0.2, 0.25) is 5.88 Å². The van der Waals surface area contributed by atoms with Crippen LogP contribution in [0.15, 0.2) is 4.79 Å². The van der Waals surface area contributed by atoms with Crippen LogP contribution in [0.25, 0.3) is 0 Å². The van der Waals surface area contributed by atoms with E-state index < -0.39 is 0 Å². The van der Waals surface area contributed by atoms with Gasteiger partial charge in [-0.1, -0.05) is 0 Å². The molecule has 0 aromatic carbocycles. The van der Waals surface area contributed by atoms with Crippen molar-refractivity contribution in [1.29, 1.82) is 0 Å². The van der Waals surface area contributed by atoms with E-state index in [1.807, 2.05) is 6.92 Å². The lowest BCUT2D eigenvalue weighted by atomic mass is 10.5. The Morgan fingerprint density at radius 3 is 2.92 bits per heavy atom. The van der Waals surface area contributed by atoms with Crippen LogP contribution in [0.2, 0.25) is 0 Å². The molecule has 0 saturated carbocycles. The highest BCUT2D eigenvalue weighted by Gasteiger charge is 2.06. The maximum atomic E-state index is 11.1. The average Bonchev–Trinajstić information content (AvgIpc) is 2.10. The molecule has 1 aromatic rings. The van der Waals surface area contributed by atoms with Gasteiger partial charge in [0.25, 0.3) is 5.56 Å². The Balaban J connectivity index is 2.93. The van der Waals surface area contributed by atoms with Crippen LogP contribution in [0.5, 0.6) is 5.88 Å². The van der Waals surface area contributed by atoms with E-state index in [1.54, 1.807) is 22.6 Å². The molecule has 1 aromatic heterocycles. The molecule has 13 heavy (non-hydrogen) atoms. The highest BCUT2D eigenvalue weighted by Crippen LogP contribution is 2.10. The maximum Gasteiger partial charge on any atom is 0.268 e. The normalized spacial score (nSPS) is 10.3. The number of aromatic amines is 1. The average molecular weight is 296 g/mol. The molecule has 0 spiro atoms. The monoisotopic (exact) mass is 296 g/mol. The van der Waals surface area contributed by atoms with Gasteiger partial charge in [-0.3, -0.25) is 4.79 Å². The first-order valence-electron chi connectivity index (χ1n) is 3.70. The van der Waals surface area contributed by atoms with E-state index in [4.69, 9.17) is 4.74 Å². The molecule has 0 atom stereocenters. The first-order chi connectivity index (χ1) is 6.15. The lowest BCUT2D eigenvalue weighted by molar-refractivity contribution is 0.127. The highest BCUT2D eigenvalue weighted by molar-refractivity contribution is 14.1. The number of ether oxygens (including phenoxy) is 1. The second kappa shape index (κ2) is 4.56. The topological polar surface area (TPSA) is 75.2 Å². The van der Waals surface area contributed by atoms with Gasteiger partial charge < -0.3 is 14.8 Å². The minimum Gasteiger partial charge on any atom is -0.492 e. The van der Waals surface area contributed by atoms with Crippen LogP contribution in [0.4, 0.5) is 0 Å². The van der Waals surface area contributed by atoms with Gasteiger partial charge in [0.1, 0.15) is 16.0 Å². The zero-order valence-electron chi connectivity index (χ0n) is 7.00. The van der Waals surface area contributed by atoms with Gasteiger partial charge >= 0.3 is 0 Å². The lowest BCUT2D eigenvalue weighted by Crippen LogP contribution is -2.15. The molecule has 5 nitrogen and oxygen atoms in total. The van der Waals surface area contributed by atoms with Crippen molar-refractivity contribution in [2.24, 2.45) is 0 Å². The number of rotatable bonds is 3. The van der Waals surface area contributed by atoms with E-state index >= 15 is 0 Å². The fourth-order valence-electron chi connectivity index (χ4n) is 0.759. The summed E-state index contributed by atoms with van der Waals surface area (Å²) >= 11 is 1.73. The summed E-state index contributed by atoms with van der Waals surface area (Å²) in [6, 6.07) is 0. The molecule has 0 bridgehead atoms. The molecule has 0 saturated heterocycles. The van der Waals surface area contributed by atoms with Gasteiger partial charge in [0.15, 0.2) is 0 Å². The quantitative estimate of drug-likeness (QED) is 0.802. The standard InChI is InChI=1S/C7H9IN2O3/c1-2-13-3-4-9-6(11)5(8)7(12)10-4/h2-3H2,1H3,(H2,9,10,11,12). The summed E-state index contributed by atoms with van der Waals surface area (Å²) in [6.07, 6.45) is 0. The van der Waals surface area contributed by atoms with Crippen LogP contribution in [0, 0.1) is 3.57 Å². The van der Waals surface area contributed by atoms with Crippen molar-refractivity contribution in [3.05, 3.63) is 19.7 Å². The van der Waals surface area contributed by atoms with Gasteiger partial charge in [-0.2, -0.15) is 4.98 Å². The summed E-state index contributed by atoms with van der Waals surface area (Å²) in [4.78, 5) is 17.3. The summed E-state index contributed by atoms with van der Waals surface area (Å²) < 4.78 is 5.22. The van der Waals surface area contributed by atoms with Gasteiger partial charge in [0.05, 0.1) is 0 Å². The number of nitrogens with zero attached hydrogens (tertiary/aromatic N) is 1. The number of hydrogen-bond donors (Lipinski definition) is 2. The predicted molar refractivity (Wildman–Crippen MR) is 54.6 cm³/mol. The second-order valence-corrected chi connectivity index (χ2v) is 3.37. The van der Waals surface area contributed by atoms with Crippen molar-refractivity contribution in [1.82, 2.24) is 9.97 Å². The molecule has 0 aliphatic heterocycles. The Bertz CT molecular complexity index is 350. The molecule has 0 aliphatic carbocycles. The fourth-order valence-corrected chi connectivity index (χ4v) is 1.01. The van der Waals surface area contributed by atoms with Crippen molar-refractivity contribution in [3.8, 4) is 5.88 Å². The summed E-state index contributed by atoms with van der Waals surface area (Å²) in [5.74, 6) is 0.0869. The van der Waals surface area contributed by atoms with Gasteiger partial charge in [-0.15, -0.1) is 0 Å². The van der Waals surface area contributed by atoms with Crippen LogP contribution in [-0.4, -0.2) is 21.7 Å². The molecule has 0 radical (unpaired) electrons. The molecular weight excluding hydrogens is 287 g/mol. The number of halogens is 1. The maximum absolute atomic E-state index is 11.1. The van der Waals surface area contributed by atoms with E-state index in [2.05, 4.69) is 9.97 Å². The molecule has 0 fully saturated rings. The highest BCUT2D eigenvalue weighted by atomic mass is 127. The van der Waals surface area contributed by atoms with Crippen molar-refractivity contribution in [2.45, 2.75) is 13.5 Å². The summed E-state index contributed by atoms with van der Waals surface area (Å²) in [7, 11) is 0. The van der Waals surface area contributed by atoms with Crippen LogP contribution in [0.3, 0.4) is 0 Å². The van der Waals surface area contributed by atoms with Crippen molar-refractivity contribution in [2.75, 3.05) is 6.61 Å². The van der Waals surface area contributed by atoms with Crippen LogP contribution in [0.1, 0.15) is 12.7 Å². The lowest BCUT2D eigenvalue weighted by Gasteiger charge is -2.01. The molecule has 0 amide bonds. The van der Waals surface area contributed by atoms with E-state index in [0.29, 0.717) is 12.4 Å². The zero-order valence-corrected chi connectivity index (χ0v) is 9.16. The third kappa shape index (κ3) is 2.66. The third-order valence-corrected chi connectivity index (χ3v) is 2.31. The number of H-pyrrole nitrogens is 1. The molecule has 72 valence electrons. The largest absolute Gasteiger partial charge is 0.492 e. The number of aromatic hydroxyl groups is 1. The van der Waals surface area contributed by atoms with Crippen molar-refractivity contribution >= 4 is 22.6 Å². The molecule has 0 aliphatic rings. The van der Waals surface area contributed by atoms with Crippen molar-refractivity contribution in [3.63, 3.8) is 0 Å². The number of nitrogens with one attached hydrogen (secondary N) is 1. The Morgan fingerprint density at radius 1 is 1.69 bits per heavy atom. The first-order valence-corrected chi connectivity index (χ1v) is 4.78. The van der Waals surface area contributed by atoms with Crippen LogP contribution < -0.4 is 5.56 Å². The molecule has 6 heteroatoms. The Kier molecular flexibility index (Phi) is 3.67. The smallest absolute Gasteiger partial charge is 0.268 e. The molecular formula is C7H9IN2O3. The van der Waals surface area contributed by atoms with E-state index in [-0.39, 0.29) is 21.6 Å². The molecule has 2 N–H and O–H groups in total. The minimum absolute atomic E-state index is 0.192. The SMILES string of the molecule is CCOCc1nc(O)c(I)c(=O)[nH]1. The third-order valence-electron chi connectivity index (χ3n) is 1.34. The Hall–Kier alpha value is -0.630. The Labute approximate surface area is 88.3 Å².